The number of aromatic nitrogens is 2. The number of amides is 1. The zero-order valence-electron chi connectivity index (χ0n) is 14.2. The molecule has 0 radical (unpaired) electrons. The summed E-state index contributed by atoms with van der Waals surface area (Å²) in [6.45, 7) is 1.66. The Balaban J connectivity index is 1.79. The Morgan fingerprint density at radius 2 is 1.81 bits per heavy atom. The zero-order chi connectivity index (χ0) is 19.8. The maximum Gasteiger partial charge on any atom is 0.416 e. The maximum atomic E-state index is 12.8. The number of carbonyl (C=O) groups is 1. The van der Waals surface area contributed by atoms with E-state index in [1.165, 1.54) is 6.07 Å². The van der Waals surface area contributed by atoms with E-state index in [-0.39, 0.29) is 33.7 Å². The van der Waals surface area contributed by atoms with Crippen LogP contribution in [0.1, 0.15) is 36.9 Å². The van der Waals surface area contributed by atoms with Crippen LogP contribution in [0.3, 0.4) is 0 Å². The van der Waals surface area contributed by atoms with Gasteiger partial charge in [0.25, 0.3) is 0 Å². The molecule has 3 rings (SSSR count). The Bertz CT molecular complexity index is 839. The number of hydrogen-bond donors (Lipinski definition) is 1. The van der Waals surface area contributed by atoms with Crippen LogP contribution in [0, 0.1) is 6.92 Å². The Morgan fingerprint density at radius 1 is 1.22 bits per heavy atom. The minimum absolute atomic E-state index is 0.00219. The molecule has 1 amide bonds. The number of ether oxygens (including phenoxy) is 1. The summed E-state index contributed by atoms with van der Waals surface area (Å²) < 4.78 is 45.0. The monoisotopic (exact) mass is 421 g/mol. The van der Waals surface area contributed by atoms with Gasteiger partial charge in [-0.3, -0.25) is 0 Å². The number of nitrogens with one attached hydrogen (secondary N) is 1. The smallest absolute Gasteiger partial charge is 0.416 e. The van der Waals surface area contributed by atoms with Gasteiger partial charge in [0.2, 0.25) is 5.88 Å². The van der Waals surface area contributed by atoms with Crippen LogP contribution in [0.15, 0.2) is 18.2 Å². The fraction of sp³-hybridized carbons (Fsp3) is 0.412. The van der Waals surface area contributed by atoms with Crippen LogP contribution in [0.25, 0.3) is 0 Å². The number of carbonyl (C=O) groups excluding carboxylic acids is 1. The van der Waals surface area contributed by atoms with Crippen LogP contribution in [-0.2, 0) is 6.18 Å². The van der Waals surface area contributed by atoms with Gasteiger partial charge in [0.1, 0.15) is 0 Å². The van der Waals surface area contributed by atoms with Crippen LogP contribution in [0.2, 0.25) is 10.0 Å². The van der Waals surface area contributed by atoms with E-state index in [2.05, 4.69) is 10.4 Å². The lowest BCUT2D eigenvalue weighted by molar-refractivity contribution is -0.137. The second kappa shape index (κ2) is 7.59. The van der Waals surface area contributed by atoms with Gasteiger partial charge < -0.3 is 10.1 Å². The van der Waals surface area contributed by atoms with Gasteiger partial charge in [-0.15, -0.1) is 5.10 Å². The highest BCUT2D eigenvalue weighted by Gasteiger charge is 2.32. The number of alkyl halides is 3. The van der Waals surface area contributed by atoms with Gasteiger partial charge in [-0.1, -0.05) is 36.0 Å². The molecule has 1 fully saturated rings. The van der Waals surface area contributed by atoms with Crippen molar-refractivity contribution in [2.45, 2.75) is 44.8 Å². The molecule has 0 atom stereocenters. The SMILES string of the molecule is Cc1cc(Oc2c(Cl)cc(C(F)(F)F)cc2Cl)nn1C(=O)NC1CCCC1. The Morgan fingerprint density at radius 3 is 2.37 bits per heavy atom. The second-order valence-corrected chi connectivity index (χ2v) is 7.15. The maximum absolute atomic E-state index is 12.8. The summed E-state index contributed by atoms with van der Waals surface area (Å²) in [5.74, 6) is -0.162. The number of benzene rings is 1. The average molecular weight is 422 g/mol. The first-order valence-corrected chi connectivity index (χ1v) is 9.02. The summed E-state index contributed by atoms with van der Waals surface area (Å²) in [7, 11) is 0. The van der Waals surface area contributed by atoms with Crippen molar-refractivity contribution < 1.29 is 22.7 Å². The van der Waals surface area contributed by atoms with Crippen molar-refractivity contribution in [2.75, 3.05) is 0 Å². The van der Waals surface area contributed by atoms with E-state index >= 15 is 0 Å². The normalized spacial score (nSPS) is 15.2. The van der Waals surface area contributed by atoms with Crippen molar-refractivity contribution in [3.8, 4) is 11.6 Å². The van der Waals surface area contributed by atoms with E-state index in [1.807, 2.05) is 0 Å². The number of hydrogen-bond acceptors (Lipinski definition) is 3. The molecule has 1 saturated carbocycles. The molecule has 5 nitrogen and oxygen atoms in total. The van der Waals surface area contributed by atoms with Crippen molar-refractivity contribution in [2.24, 2.45) is 0 Å². The van der Waals surface area contributed by atoms with Crippen LogP contribution in [0.5, 0.6) is 11.6 Å². The molecule has 2 aromatic rings. The third kappa shape index (κ3) is 4.50. The molecule has 1 heterocycles. The van der Waals surface area contributed by atoms with Gasteiger partial charge in [-0.25, -0.2) is 4.79 Å². The number of aryl methyl sites for hydroxylation is 1. The average Bonchev–Trinajstić information content (AvgIpc) is 3.19. The van der Waals surface area contributed by atoms with Gasteiger partial charge >= 0.3 is 12.2 Å². The van der Waals surface area contributed by atoms with Crippen molar-refractivity contribution in [1.29, 1.82) is 0 Å². The van der Waals surface area contributed by atoms with E-state index < -0.39 is 11.7 Å². The highest BCUT2D eigenvalue weighted by molar-refractivity contribution is 6.37. The lowest BCUT2D eigenvalue weighted by atomic mass is 10.2. The standard InChI is InChI=1S/C17H16Cl2F3N3O2/c1-9-6-14(24-25(9)16(26)23-11-4-2-3-5-11)27-15-12(18)7-10(8-13(15)19)17(20,21)22/h6-8,11H,2-5H2,1H3,(H,23,26). The Kier molecular flexibility index (Phi) is 5.58. The minimum atomic E-state index is -4.58. The predicted octanol–water partition coefficient (Wildman–Crippen LogP) is 5.81. The Hall–Kier alpha value is -1.93. The molecule has 27 heavy (non-hydrogen) atoms. The lowest BCUT2D eigenvalue weighted by Gasteiger charge is -2.12. The second-order valence-electron chi connectivity index (χ2n) is 6.34. The predicted molar refractivity (Wildman–Crippen MR) is 94.7 cm³/mol. The first kappa shape index (κ1) is 19.8. The molecule has 0 spiro atoms. The summed E-state index contributed by atoms with van der Waals surface area (Å²) in [4.78, 5) is 12.3. The van der Waals surface area contributed by atoms with Gasteiger partial charge in [0.15, 0.2) is 5.75 Å². The van der Waals surface area contributed by atoms with Crippen LogP contribution in [-0.4, -0.2) is 21.9 Å². The summed E-state index contributed by atoms with van der Waals surface area (Å²) in [5, 5.41) is 6.32. The van der Waals surface area contributed by atoms with Crippen molar-refractivity contribution in [3.05, 3.63) is 39.5 Å². The van der Waals surface area contributed by atoms with Crippen LogP contribution < -0.4 is 10.1 Å². The summed E-state index contributed by atoms with van der Waals surface area (Å²) in [5.41, 5.74) is -0.484. The molecule has 0 saturated heterocycles. The van der Waals surface area contributed by atoms with Crippen molar-refractivity contribution in [1.82, 2.24) is 15.1 Å². The highest BCUT2D eigenvalue weighted by atomic mass is 35.5. The van der Waals surface area contributed by atoms with Crippen molar-refractivity contribution in [3.63, 3.8) is 0 Å². The molecular weight excluding hydrogens is 406 g/mol. The summed E-state index contributed by atoms with van der Waals surface area (Å²) in [6, 6.07) is 2.64. The molecule has 0 aliphatic heterocycles. The molecule has 0 unspecified atom stereocenters. The Labute approximate surface area is 163 Å². The molecule has 1 aliphatic rings. The van der Waals surface area contributed by atoms with Gasteiger partial charge in [-0.2, -0.15) is 17.9 Å². The molecular formula is C17H16Cl2F3N3O2. The van der Waals surface area contributed by atoms with Crippen molar-refractivity contribution >= 4 is 29.2 Å². The molecule has 10 heteroatoms. The number of halogens is 5. The first-order valence-electron chi connectivity index (χ1n) is 8.27. The van der Waals surface area contributed by atoms with E-state index in [9.17, 15) is 18.0 Å². The molecule has 1 N–H and O–H groups in total. The first-order chi connectivity index (χ1) is 12.6. The topological polar surface area (TPSA) is 56.2 Å². The van der Waals surface area contributed by atoms with E-state index in [0.29, 0.717) is 5.69 Å². The fourth-order valence-corrected chi connectivity index (χ4v) is 3.50. The van der Waals surface area contributed by atoms with E-state index in [4.69, 9.17) is 27.9 Å². The number of nitrogens with zero attached hydrogens (tertiary/aromatic N) is 2. The zero-order valence-corrected chi connectivity index (χ0v) is 15.8. The molecule has 1 aromatic heterocycles. The molecule has 146 valence electrons. The summed E-state index contributed by atoms with van der Waals surface area (Å²) >= 11 is 11.8. The summed E-state index contributed by atoms with van der Waals surface area (Å²) in [6.07, 6.45) is -0.592. The highest BCUT2D eigenvalue weighted by Crippen LogP contribution is 2.41. The van der Waals surface area contributed by atoms with Crippen LogP contribution in [0.4, 0.5) is 18.0 Å². The van der Waals surface area contributed by atoms with Gasteiger partial charge in [0.05, 0.1) is 21.3 Å². The fourth-order valence-electron chi connectivity index (χ4n) is 2.93. The minimum Gasteiger partial charge on any atom is -0.434 e. The number of rotatable bonds is 3. The molecule has 1 aliphatic carbocycles. The van der Waals surface area contributed by atoms with Gasteiger partial charge in [0, 0.05) is 12.1 Å². The largest absolute Gasteiger partial charge is 0.434 e. The molecule has 1 aromatic carbocycles. The van der Waals surface area contributed by atoms with E-state index in [0.717, 1.165) is 42.5 Å². The third-order valence-corrected chi connectivity index (χ3v) is 4.83. The quantitative estimate of drug-likeness (QED) is 0.679. The third-order valence-electron chi connectivity index (χ3n) is 4.27. The van der Waals surface area contributed by atoms with Crippen LogP contribution >= 0.6 is 23.2 Å². The van der Waals surface area contributed by atoms with E-state index in [1.54, 1.807) is 6.92 Å². The molecule has 0 bridgehead atoms. The van der Waals surface area contributed by atoms with Gasteiger partial charge in [-0.05, 0) is 31.9 Å². The lowest BCUT2D eigenvalue weighted by Crippen LogP contribution is -2.36.